The van der Waals surface area contributed by atoms with E-state index in [-0.39, 0.29) is 24.9 Å². The molecule has 3 heterocycles. The third-order valence-electron chi connectivity index (χ3n) is 7.09. The van der Waals surface area contributed by atoms with Gasteiger partial charge in [0.05, 0.1) is 28.1 Å². The van der Waals surface area contributed by atoms with Gasteiger partial charge >= 0.3 is 0 Å². The number of rotatable bonds is 9. The summed E-state index contributed by atoms with van der Waals surface area (Å²) in [6.07, 6.45) is 0.872. The van der Waals surface area contributed by atoms with Gasteiger partial charge in [0.25, 0.3) is 0 Å². The van der Waals surface area contributed by atoms with Gasteiger partial charge in [0, 0.05) is 25.7 Å². The highest BCUT2D eigenvalue weighted by Crippen LogP contribution is 2.47. The van der Waals surface area contributed by atoms with Crippen molar-refractivity contribution in [2.24, 2.45) is 5.92 Å². The number of nitrogens with zero attached hydrogens (tertiary/aromatic N) is 3. The fraction of sp³-hybridized carbons (Fsp3) is 0.577. The van der Waals surface area contributed by atoms with Crippen LogP contribution in [-0.2, 0) is 14.2 Å². The molecule has 10 heteroatoms. The molecule has 0 spiro atoms. The van der Waals surface area contributed by atoms with E-state index >= 15 is 0 Å². The Morgan fingerprint density at radius 1 is 1.19 bits per heavy atom. The lowest BCUT2D eigenvalue weighted by atomic mass is 10.0. The number of aromatic nitrogens is 3. The second-order valence-corrected chi connectivity index (χ2v) is 10.7. The Morgan fingerprint density at radius 2 is 2.00 bits per heavy atom. The number of hydrogen-bond donors (Lipinski definition) is 3. The monoisotopic (exact) mass is 513 g/mol. The van der Waals surface area contributed by atoms with Crippen molar-refractivity contribution in [2.75, 3.05) is 37.0 Å². The van der Waals surface area contributed by atoms with Crippen LogP contribution in [0.5, 0.6) is 0 Å². The molecule has 3 N–H and O–H groups in total. The fourth-order valence-corrected chi connectivity index (χ4v) is 6.31. The fourth-order valence-electron chi connectivity index (χ4n) is 5.17. The van der Waals surface area contributed by atoms with E-state index in [1.54, 1.807) is 11.3 Å². The van der Waals surface area contributed by atoms with Gasteiger partial charge in [-0.1, -0.05) is 0 Å². The number of hydrogen-bond acceptors (Lipinski definition) is 10. The lowest BCUT2D eigenvalue weighted by Gasteiger charge is -2.30. The zero-order chi connectivity index (χ0) is 25.4. The van der Waals surface area contributed by atoms with Crippen molar-refractivity contribution in [1.29, 1.82) is 0 Å². The maximum absolute atomic E-state index is 9.95. The summed E-state index contributed by atoms with van der Waals surface area (Å²) in [6.45, 7) is 12.0. The molecule has 3 aromatic rings. The molecule has 1 aromatic carbocycles. The first-order chi connectivity index (χ1) is 17.3. The number of benzene rings is 1. The van der Waals surface area contributed by atoms with Crippen LogP contribution in [0.3, 0.4) is 0 Å². The number of aliphatic hydroxyl groups excluding tert-OH is 1. The predicted molar refractivity (Wildman–Crippen MR) is 141 cm³/mol. The number of anilines is 2. The van der Waals surface area contributed by atoms with Gasteiger partial charge in [-0.05, 0) is 70.7 Å². The van der Waals surface area contributed by atoms with E-state index in [1.807, 2.05) is 20.8 Å². The number of fused-ring (bicyclic) bond motifs is 2. The van der Waals surface area contributed by atoms with E-state index in [4.69, 9.17) is 29.2 Å². The number of thiazole rings is 1. The van der Waals surface area contributed by atoms with E-state index in [1.165, 1.54) is 11.1 Å². The highest BCUT2D eigenvalue weighted by atomic mass is 32.1. The summed E-state index contributed by atoms with van der Waals surface area (Å²) in [5.41, 5.74) is 4.32. The molecule has 5 rings (SSSR count). The molecule has 36 heavy (non-hydrogen) atoms. The number of nitrogens with one attached hydrogen (secondary N) is 2. The standard InChI is InChI=1S/C26H35N5O4S/c1-6-33-10-9-27-25-28-16(4)21(24-29-19-11-14(2)15(3)12-20(19)36-24)23(30-25)31-26-8-7-18(13-32)22(26)34-17(5)35-26/h11-12,17-18,22,32H,6-10,13H2,1-5H3,(H2,27,28,30,31). The molecule has 194 valence electrons. The maximum atomic E-state index is 9.95. The Labute approximate surface area is 215 Å². The molecule has 4 unspecified atom stereocenters. The van der Waals surface area contributed by atoms with Gasteiger partial charge in [-0.3, -0.25) is 0 Å². The van der Waals surface area contributed by atoms with E-state index in [0.717, 1.165) is 32.9 Å². The largest absolute Gasteiger partial charge is 0.396 e. The minimum Gasteiger partial charge on any atom is -0.396 e. The molecule has 2 fully saturated rings. The van der Waals surface area contributed by atoms with Gasteiger partial charge < -0.3 is 30.0 Å². The van der Waals surface area contributed by atoms with Crippen molar-refractivity contribution in [3.8, 4) is 10.6 Å². The van der Waals surface area contributed by atoms with Crippen molar-refractivity contribution < 1.29 is 19.3 Å². The minimum absolute atomic E-state index is 0.00558. The molecule has 0 radical (unpaired) electrons. The highest BCUT2D eigenvalue weighted by Gasteiger charge is 2.57. The van der Waals surface area contributed by atoms with Crippen LogP contribution in [0.25, 0.3) is 20.8 Å². The van der Waals surface area contributed by atoms with Crippen molar-refractivity contribution in [2.45, 2.75) is 65.6 Å². The average molecular weight is 514 g/mol. The molecule has 1 aliphatic heterocycles. The third-order valence-corrected chi connectivity index (χ3v) is 8.13. The lowest BCUT2D eigenvalue weighted by Crippen LogP contribution is -2.46. The molecule has 0 amide bonds. The van der Waals surface area contributed by atoms with Gasteiger partial charge in [-0.15, -0.1) is 11.3 Å². The summed E-state index contributed by atoms with van der Waals surface area (Å²) in [6, 6.07) is 4.32. The Morgan fingerprint density at radius 3 is 2.78 bits per heavy atom. The highest BCUT2D eigenvalue weighted by molar-refractivity contribution is 7.21. The first-order valence-electron chi connectivity index (χ1n) is 12.6. The molecule has 4 atom stereocenters. The Balaban J connectivity index is 1.57. The molecule has 0 bridgehead atoms. The van der Waals surface area contributed by atoms with Gasteiger partial charge in [0.1, 0.15) is 16.9 Å². The average Bonchev–Trinajstić information content (AvgIpc) is 3.47. The Hall–Kier alpha value is -2.37. The number of aliphatic hydroxyl groups is 1. The molecule has 1 aliphatic carbocycles. The van der Waals surface area contributed by atoms with Gasteiger partial charge in [0.15, 0.2) is 12.0 Å². The molecule has 2 aromatic heterocycles. The van der Waals surface area contributed by atoms with E-state index < -0.39 is 5.72 Å². The van der Waals surface area contributed by atoms with Crippen molar-refractivity contribution in [3.05, 3.63) is 29.0 Å². The van der Waals surface area contributed by atoms with Crippen molar-refractivity contribution in [1.82, 2.24) is 15.0 Å². The summed E-state index contributed by atoms with van der Waals surface area (Å²) < 4.78 is 19.0. The Bertz CT molecular complexity index is 1210. The third kappa shape index (κ3) is 4.68. The van der Waals surface area contributed by atoms with Crippen molar-refractivity contribution >= 4 is 33.3 Å². The minimum atomic E-state index is -0.769. The summed E-state index contributed by atoms with van der Waals surface area (Å²) in [5, 5.41) is 17.7. The van der Waals surface area contributed by atoms with Crippen LogP contribution in [0.2, 0.25) is 0 Å². The van der Waals surface area contributed by atoms with Crippen LogP contribution in [0, 0.1) is 26.7 Å². The normalized spacial score (nSPS) is 25.4. The lowest BCUT2D eigenvalue weighted by molar-refractivity contribution is -0.0805. The zero-order valence-electron chi connectivity index (χ0n) is 21.6. The van der Waals surface area contributed by atoms with E-state index in [2.05, 4.69) is 36.6 Å². The Kier molecular flexibility index (Phi) is 7.15. The maximum Gasteiger partial charge on any atom is 0.224 e. The summed E-state index contributed by atoms with van der Waals surface area (Å²) in [5.74, 6) is 1.17. The second kappa shape index (κ2) is 10.2. The van der Waals surface area contributed by atoms with Crippen molar-refractivity contribution in [3.63, 3.8) is 0 Å². The van der Waals surface area contributed by atoms with Crippen LogP contribution in [0.4, 0.5) is 11.8 Å². The van der Waals surface area contributed by atoms with Crippen LogP contribution in [-0.4, -0.2) is 64.5 Å². The molecular weight excluding hydrogens is 478 g/mol. The second-order valence-electron chi connectivity index (χ2n) is 9.64. The summed E-state index contributed by atoms with van der Waals surface area (Å²) in [4.78, 5) is 14.6. The summed E-state index contributed by atoms with van der Waals surface area (Å²) >= 11 is 1.63. The quantitative estimate of drug-likeness (QED) is 0.359. The molecule has 1 saturated heterocycles. The number of aryl methyl sites for hydroxylation is 3. The topological polar surface area (TPSA) is 111 Å². The molecule has 9 nitrogen and oxygen atoms in total. The molecule has 1 saturated carbocycles. The molecular formula is C26H35N5O4S. The van der Waals surface area contributed by atoms with E-state index in [0.29, 0.717) is 37.9 Å². The molecule has 2 aliphatic rings. The van der Waals surface area contributed by atoms with E-state index in [9.17, 15) is 5.11 Å². The van der Waals surface area contributed by atoms with Crippen LogP contribution in [0.1, 0.15) is 43.5 Å². The van der Waals surface area contributed by atoms with Crippen LogP contribution >= 0.6 is 11.3 Å². The van der Waals surface area contributed by atoms with Gasteiger partial charge in [-0.2, -0.15) is 4.98 Å². The number of ether oxygens (including phenoxy) is 3. The first kappa shape index (κ1) is 25.3. The van der Waals surface area contributed by atoms with Crippen LogP contribution < -0.4 is 10.6 Å². The predicted octanol–water partition coefficient (Wildman–Crippen LogP) is 4.40. The SMILES string of the molecule is CCOCCNc1nc(C)c(-c2nc3cc(C)c(C)cc3s2)c(NC23CCC(CO)C2OC(C)O3)n1. The van der Waals surface area contributed by atoms with Gasteiger partial charge in [0.2, 0.25) is 5.95 Å². The smallest absolute Gasteiger partial charge is 0.224 e. The summed E-state index contributed by atoms with van der Waals surface area (Å²) in [7, 11) is 0. The first-order valence-corrected chi connectivity index (χ1v) is 13.5. The van der Waals surface area contributed by atoms with Crippen LogP contribution in [0.15, 0.2) is 12.1 Å². The van der Waals surface area contributed by atoms with Gasteiger partial charge in [-0.25, -0.2) is 9.97 Å². The zero-order valence-corrected chi connectivity index (χ0v) is 22.4.